The summed E-state index contributed by atoms with van der Waals surface area (Å²) in [6.07, 6.45) is 0. The van der Waals surface area contributed by atoms with Crippen LogP contribution in [0, 0.1) is 0 Å². The Bertz CT molecular complexity index is 1180. The lowest BCUT2D eigenvalue weighted by molar-refractivity contribution is 0.302. The van der Waals surface area contributed by atoms with Gasteiger partial charge in [-0.3, -0.25) is 0 Å². The van der Waals surface area contributed by atoms with Crippen LogP contribution in [0.25, 0.3) is 11.1 Å². The third-order valence-electron chi connectivity index (χ3n) is 6.66. The highest BCUT2D eigenvalue weighted by molar-refractivity contribution is 5.84. The molecule has 0 bridgehead atoms. The fourth-order valence-electron chi connectivity index (χ4n) is 5.23. The van der Waals surface area contributed by atoms with Gasteiger partial charge >= 0.3 is 0 Å². The van der Waals surface area contributed by atoms with Crippen LogP contribution in [0.2, 0.25) is 0 Å². The van der Waals surface area contributed by atoms with Gasteiger partial charge in [0.05, 0.1) is 14.2 Å². The van der Waals surface area contributed by atoms with Crippen molar-refractivity contribution in [1.82, 2.24) is 0 Å². The first kappa shape index (κ1) is 18.2. The minimum Gasteiger partial charge on any atom is -0.497 e. The van der Waals surface area contributed by atoms with Gasteiger partial charge < -0.3 is 14.2 Å². The van der Waals surface area contributed by atoms with E-state index in [1.807, 2.05) is 24.3 Å². The van der Waals surface area contributed by atoms with Gasteiger partial charge in [0.2, 0.25) is 0 Å². The minimum atomic E-state index is -0.631. The van der Waals surface area contributed by atoms with Crippen LogP contribution < -0.4 is 9.47 Å². The summed E-state index contributed by atoms with van der Waals surface area (Å²) in [7, 11) is 3.37. The molecule has 4 aromatic carbocycles. The summed E-state index contributed by atoms with van der Waals surface area (Å²) in [6.45, 7) is 0. The first-order valence-corrected chi connectivity index (χ1v) is 10.4. The SMILES string of the molecule is COc1ccc(C2(c3ccc(OC)cc3)OC23c2ccccc2-c2ccccc23)cc1. The van der Waals surface area contributed by atoms with Crippen LogP contribution in [0.3, 0.4) is 0 Å². The van der Waals surface area contributed by atoms with Crippen molar-refractivity contribution in [2.75, 3.05) is 14.2 Å². The summed E-state index contributed by atoms with van der Waals surface area (Å²) in [5.41, 5.74) is 5.90. The van der Waals surface area contributed by atoms with Gasteiger partial charge in [0.25, 0.3) is 0 Å². The second-order valence-corrected chi connectivity index (χ2v) is 8.01. The predicted octanol–water partition coefficient (Wildman–Crippen LogP) is 5.90. The predicted molar refractivity (Wildman–Crippen MR) is 121 cm³/mol. The normalized spacial score (nSPS) is 16.5. The van der Waals surface area contributed by atoms with Crippen LogP contribution in [0.1, 0.15) is 22.3 Å². The molecule has 0 N–H and O–H groups in total. The van der Waals surface area contributed by atoms with Crippen molar-refractivity contribution >= 4 is 0 Å². The molecule has 1 aliphatic carbocycles. The summed E-state index contributed by atoms with van der Waals surface area (Å²) in [5.74, 6) is 1.66. The second-order valence-electron chi connectivity index (χ2n) is 8.01. The van der Waals surface area contributed by atoms with Gasteiger partial charge in [-0.2, -0.15) is 0 Å². The van der Waals surface area contributed by atoms with Crippen LogP contribution in [0.15, 0.2) is 97.1 Å². The second kappa shape index (κ2) is 6.47. The number of epoxide rings is 1. The standard InChI is InChI=1S/C28H22O3/c1-29-21-15-11-19(12-16-21)27(20-13-17-22(30-2)18-14-20)28(31-27)25-9-5-3-7-23(25)24-8-4-6-10-26(24)28/h3-18H,1-2H3. The Hall–Kier alpha value is -3.56. The first-order valence-electron chi connectivity index (χ1n) is 10.4. The summed E-state index contributed by atoms with van der Waals surface area (Å²) in [6, 6.07) is 33.6. The van der Waals surface area contributed by atoms with E-state index in [0.29, 0.717) is 0 Å². The van der Waals surface area contributed by atoms with Crippen LogP contribution in [-0.2, 0) is 15.9 Å². The smallest absolute Gasteiger partial charge is 0.158 e. The lowest BCUT2D eigenvalue weighted by Gasteiger charge is -2.20. The van der Waals surface area contributed by atoms with E-state index in [4.69, 9.17) is 14.2 Å². The highest BCUT2D eigenvalue weighted by Crippen LogP contribution is 2.73. The van der Waals surface area contributed by atoms with E-state index >= 15 is 0 Å². The Morgan fingerprint density at radius 3 is 1.35 bits per heavy atom. The Kier molecular flexibility index (Phi) is 3.80. The third-order valence-corrected chi connectivity index (χ3v) is 6.66. The molecule has 0 saturated carbocycles. The number of methoxy groups -OCH3 is 2. The Balaban J connectivity index is 1.63. The van der Waals surface area contributed by atoms with Crippen molar-refractivity contribution in [1.29, 1.82) is 0 Å². The zero-order valence-electron chi connectivity index (χ0n) is 17.5. The molecule has 6 rings (SSSR count). The maximum absolute atomic E-state index is 6.94. The highest BCUT2D eigenvalue weighted by atomic mass is 16.6. The number of rotatable bonds is 4. The largest absolute Gasteiger partial charge is 0.497 e. The first-order chi connectivity index (χ1) is 15.2. The number of hydrogen-bond donors (Lipinski definition) is 0. The monoisotopic (exact) mass is 406 g/mol. The van der Waals surface area contributed by atoms with Gasteiger partial charge in [0, 0.05) is 0 Å². The number of ether oxygens (including phenoxy) is 3. The van der Waals surface area contributed by atoms with Crippen molar-refractivity contribution in [2.45, 2.75) is 11.2 Å². The van der Waals surface area contributed by atoms with E-state index in [-0.39, 0.29) is 0 Å². The quantitative estimate of drug-likeness (QED) is 0.395. The topological polar surface area (TPSA) is 31.0 Å². The molecule has 152 valence electrons. The van der Waals surface area contributed by atoms with E-state index < -0.39 is 11.2 Å². The summed E-state index contributed by atoms with van der Waals surface area (Å²) in [4.78, 5) is 0. The molecule has 0 radical (unpaired) electrons. The van der Waals surface area contributed by atoms with Gasteiger partial charge in [0.1, 0.15) is 11.5 Å². The highest BCUT2D eigenvalue weighted by Gasteiger charge is 2.76. The van der Waals surface area contributed by atoms with E-state index in [1.165, 1.54) is 22.3 Å². The van der Waals surface area contributed by atoms with Crippen molar-refractivity contribution < 1.29 is 14.2 Å². The molecule has 0 amide bonds. The number of fused-ring (bicyclic) bond motifs is 5. The van der Waals surface area contributed by atoms with Gasteiger partial charge in [0.15, 0.2) is 11.2 Å². The van der Waals surface area contributed by atoms with Crippen molar-refractivity contribution in [3.63, 3.8) is 0 Å². The Morgan fingerprint density at radius 2 is 0.935 bits per heavy atom. The van der Waals surface area contributed by atoms with Crippen LogP contribution in [-0.4, -0.2) is 14.2 Å². The molecule has 31 heavy (non-hydrogen) atoms. The zero-order valence-corrected chi connectivity index (χ0v) is 17.5. The van der Waals surface area contributed by atoms with Crippen LogP contribution in [0.4, 0.5) is 0 Å². The van der Waals surface area contributed by atoms with E-state index in [2.05, 4.69) is 72.8 Å². The molecule has 1 fully saturated rings. The average molecular weight is 406 g/mol. The molecule has 4 aromatic rings. The molecule has 3 nitrogen and oxygen atoms in total. The molecule has 0 aromatic heterocycles. The Morgan fingerprint density at radius 1 is 0.516 bits per heavy atom. The fraction of sp³-hybridized carbons (Fsp3) is 0.143. The molecule has 1 saturated heterocycles. The lowest BCUT2D eigenvalue weighted by atomic mass is 9.76. The van der Waals surface area contributed by atoms with Gasteiger partial charge in [-0.05, 0) is 57.6 Å². The summed E-state index contributed by atoms with van der Waals surface area (Å²) in [5, 5.41) is 0. The third kappa shape index (κ3) is 2.27. The van der Waals surface area contributed by atoms with E-state index in [0.717, 1.165) is 22.6 Å². The van der Waals surface area contributed by atoms with E-state index in [1.54, 1.807) is 14.2 Å². The van der Waals surface area contributed by atoms with Crippen molar-refractivity contribution in [3.8, 4) is 22.6 Å². The molecule has 1 aliphatic heterocycles. The van der Waals surface area contributed by atoms with Gasteiger partial charge in [-0.15, -0.1) is 0 Å². The maximum atomic E-state index is 6.94. The minimum absolute atomic E-state index is 0.566. The summed E-state index contributed by atoms with van der Waals surface area (Å²) >= 11 is 0. The van der Waals surface area contributed by atoms with Crippen LogP contribution in [0.5, 0.6) is 11.5 Å². The molecule has 0 atom stereocenters. The number of benzene rings is 4. The van der Waals surface area contributed by atoms with Crippen LogP contribution >= 0.6 is 0 Å². The van der Waals surface area contributed by atoms with Gasteiger partial charge in [-0.25, -0.2) is 0 Å². The lowest BCUT2D eigenvalue weighted by Crippen LogP contribution is -2.23. The fourth-order valence-corrected chi connectivity index (χ4v) is 5.23. The zero-order chi connectivity index (χ0) is 21.1. The molecular weight excluding hydrogens is 384 g/mol. The molecule has 1 heterocycles. The Labute approximate surface area is 181 Å². The average Bonchev–Trinajstić information content (AvgIpc) is 3.48. The van der Waals surface area contributed by atoms with Crippen molar-refractivity contribution in [2.24, 2.45) is 0 Å². The molecule has 2 aliphatic rings. The molecular formula is C28H22O3. The van der Waals surface area contributed by atoms with E-state index in [9.17, 15) is 0 Å². The number of hydrogen-bond acceptors (Lipinski definition) is 3. The molecule has 1 spiro atoms. The summed E-state index contributed by atoms with van der Waals surface area (Å²) < 4.78 is 17.8. The molecule has 3 heteroatoms. The maximum Gasteiger partial charge on any atom is 0.158 e. The van der Waals surface area contributed by atoms with Crippen molar-refractivity contribution in [3.05, 3.63) is 119 Å². The molecule has 0 unspecified atom stereocenters. The van der Waals surface area contributed by atoms with Gasteiger partial charge in [-0.1, -0.05) is 72.8 Å².